The molecule has 8 heteroatoms. The molecule has 0 aliphatic carbocycles. The Morgan fingerprint density at radius 2 is 1.96 bits per heavy atom. The molecule has 0 unspecified atom stereocenters. The van der Waals surface area contributed by atoms with E-state index in [1.54, 1.807) is 18.2 Å². The number of benzene rings is 1. The normalized spacial score (nSPS) is 21.8. The number of carbonyl (C=O) groups is 1. The Labute approximate surface area is 161 Å². The van der Waals surface area contributed by atoms with Crippen molar-refractivity contribution in [2.24, 2.45) is 5.41 Å². The van der Waals surface area contributed by atoms with Crippen LogP contribution in [0.25, 0.3) is 0 Å². The lowest BCUT2D eigenvalue weighted by atomic mass is 9.78. The Bertz CT molecular complexity index is 721. The molecule has 0 radical (unpaired) electrons. The minimum atomic E-state index is -3.79. The number of alkyl carbamates (subject to hydrolysis) is 1. The molecule has 1 aliphatic heterocycles. The van der Waals surface area contributed by atoms with Crippen molar-refractivity contribution in [2.45, 2.75) is 69.5 Å². The van der Waals surface area contributed by atoms with Crippen LogP contribution in [0.3, 0.4) is 0 Å². The first-order valence-corrected chi connectivity index (χ1v) is 10.8. The minimum absolute atomic E-state index is 0.146. The number of aliphatic hydroxyl groups is 1. The Morgan fingerprint density at radius 1 is 1.30 bits per heavy atom. The highest BCUT2D eigenvalue weighted by atomic mass is 32.2. The Kier molecular flexibility index (Phi) is 7.25. The fourth-order valence-electron chi connectivity index (χ4n) is 3.27. The number of nitrogens with one attached hydrogen (secondary N) is 2. The van der Waals surface area contributed by atoms with Crippen molar-refractivity contribution in [3.63, 3.8) is 0 Å². The summed E-state index contributed by atoms with van der Waals surface area (Å²) in [4.78, 5) is 11.8. The van der Waals surface area contributed by atoms with Gasteiger partial charge in [0.05, 0.1) is 23.1 Å². The Morgan fingerprint density at radius 3 is 2.59 bits per heavy atom. The standard InChI is InChI=1S/C19H30N2O5S/c1-4-5-7-12-15(21-27(24,25)14-10-8-6-9-11-14)16(22)17-19(2,3)13-26-18(23)20-17/h6,8-11,15-17,21-22H,4-5,7,12-13H2,1-3H3,(H,20,23)/t15-,16+,17+/m0/s1. The summed E-state index contributed by atoms with van der Waals surface area (Å²) >= 11 is 0. The fraction of sp³-hybridized carbons (Fsp3) is 0.632. The van der Waals surface area contributed by atoms with Gasteiger partial charge in [0.25, 0.3) is 0 Å². The largest absolute Gasteiger partial charge is 0.449 e. The lowest BCUT2D eigenvalue weighted by Crippen LogP contribution is -2.63. The molecule has 1 aromatic rings. The number of amides is 1. The van der Waals surface area contributed by atoms with Gasteiger partial charge in [0.15, 0.2) is 0 Å². The highest BCUT2D eigenvalue weighted by Crippen LogP contribution is 2.29. The predicted molar refractivity (Wildman–Crippen MR) is 103 cm³/mol. The van der Waals surface area contributed by atoms with Crippen molar-refractivity contribution in [3.05, 3.63) is 30.3 Å². The van der Waals surface area contributed by atoms with Crippen molar-refractivity contribution < 1.29 is 23.1 Å². The molecule has 0 spiro atoms. The van der Waals surface area contributed by atoms with Crippen LogP contribution in [-0.4, -0.2) is 44.4 Å². The summed E-state index contributed by atoms with van der Waals surface area (Å²) in [5.41, 5.74) is -0.533. The minimum Gasteiger partial charge on any atom is -0.449 e. The van der Waals surface area contributed by atoms with Gasteiger partial charge < -0.3 is 15.2 Å². The second-order valence-corrected chi connectivity index (χ2v) is 9.43. The van der Waals surface area contributed by atoms with Crippen LogP contribution in [0.15, 0.2) is 35.2 Å². The average Bonchev–Trinajstić information content (AvgIpc) is 2.63. The van der Waals surface area contributed by atoms with Gasteiger partial charge in [-0.15, -0.1) is 0 Å². The van der Waals surface area contributed by atoms with Gasteiger partial charge in [0.2, 0.25) is 10.0 Å². The SMILES string of the molecule is CCCCC[C@H](NS(=O)(=O)c1ccccc1)[C@@H](O)[C@H]1NC(=O)OCC1(C)C. The molecule has 1 aromatic carbocycles. The van der Waals surface area contributed by atoms with E-state index in [4.69, 9.17) is 4.74 Å². The summed E-state index contributed by atoms with van der Waals surface area (Å²) in [6.07, 6.45) is 1.48. The summed E-state index contributed by atoms with van der Waals surface area (Å²) in [6.45, 7) is 5.96. The molecule has 3 N–H and O–H groups in total. The van der Waals surface area contributed by atoms with E-state index in [2.05, 4.69) is 17.0 Å². The van der Waals surface area contributed by atoms with Crippen LogP contribution in [0, 0.1) is 5.41 Å². The second kappa shape index (κ2) is 9.03. The van der Waals surface area contributed by atoms with E-state index in [1.165, 1.54) is 12.1 Å². The van der Waals surface area contributed by atoms with Gasteiger partial charge >= 0.3 is 6.09 Å². The zero-order valence-corrected chi connectivity index (χ0v) is 17.0. The maximum Gasteiger partial charge on any atom is 0.407 e. The van der Waals surface area contributed by atoms with Crippen molar-refractivity contribution in [1.82, 2.24) is 10.0 Å². The monoisotopic (exact) mass is 398 g/mol. The topological polar surface area (TPSA) is 105 Å². The van der Waals surface area contributed by atoms with E-state index in [9.17, 15) is 18.3 Å². The summed E-state index contributed by atoms with van der Waals surface area (Å²) < 4.78 is 33.2. The highest BCUT2D eigenvalue weighted by molar-refractivity contribution is 7.89. The Balaban J connectivity index is 2.23. The summed E-state index contributed by atoms with van der Waals surface area (Å²) in [5.74, 6) is 0. The molecule has 152 valence electrons. The zero-order chi connectivity index (χ0) is 20.1. The number of hydrogen-bond donors (Lipinski definition) is 3. The predicted octanol–water partition coefficient (Wildman–Crippen LogP) is 2.41. The smallest absolute Gasteiger partial charge is 0.407 e. The van der Waals surface area contributed by atoms with Crippen molar-refractivity contribution in [3.8, 4) is 0 Å². The molecule has 1 aliphatic rings. The van der Waals surface area contributed by atoms with E-state index < -0.39 is 39.7 Å². The molecular formula is C19H30N2O5S. The number of aliphatic hydroxyl groups excluding tert-OH is 1. The van der Waals surface area contributed by atoms with Crippen LogP contribution in [0.2, 0.25) is 0 Å². The first-order valence-electron chi connectivity index (χ1n) is 9.36. The number of rotatable bonds is 9. The number of ether oxygens (including phenoxy) is 1. The lowest BCUT2D eigenvalue weighted by molar-refractivity contribution is -0.0226. The highest BCUT2D eigenvalue weighted by Gasteiger charge is 2.44. The average molecular weight is 399 g/mol. The van der Waals surface area contributed by atoms with E-state index >= 15 is 0 Å². The number of hydrogen-bond acceptors (Lipinski definition) is 5. The van der Waals surface area contributed by atoms with E-state index in [0.29, 0.717) is 6.42 Å². The van der Waals surface area contributed by atoms with E-state index in [-0.39, 0.29) is 11.5 Å². The number of carbonyl (C=O) groups excluding carboxylic acids is 1. The van der Waals surface area contributed by atoms with Gasteiger partial charge in [-0.1, -0.05) is 58.2 Å². The molecule has 0 bridgehead atoms. The quantitative estimate of drug-likeness (QED) is 0.554. The van der Waals surface area contributed by atoms with Gasteiger partial charge in [-0.05, 0) is 18.6 Å². The zero-order valence-electron chi connectivity index (χ0n) is 16.1. The third-order valence-corrected chi connectivity index (χ3v) is 6.43. The molecule has 27 heavy (non-hydrogen) atoms. The third kappa shape index (κ3) is 5.67. The van der Waals surface area contributed by atoms with Gasteiger partial charge in [-0.3, -0.25) is 0 Å². The first-order chi connectivity index (χ1) is 12.7. The molecule has 0 aromatic heterocycles. The van der Waals surface area contributed by atoms with Crippen LogP contribution in [0.4, 0.5) is 4.79 Å². The maximum atomic E-state index is 12.8. The van der Waals surface area contributed by atoms with Gasteiger partial charge in [0, 0.05) is 5.41 Å². The lowest BCUT2D eigenvalue weighted by Gasteiger charge is -2.43. The molecule has 0 saturated carbocycles. The van der Waals surface area contributed by atoms with Crippen LogP contribution >= 0.6 is 0 Å². The van der Waals surface area contributed by atoms with Gasteiger partial charge in [-0.25, -0.2) is 17.9 Å². The third-order valence-electron chi connectivity index (χ3n) is 4.92. The first kappa shape index (κ1) is 21.7. The molecule has 1 saturated heterocycles. The molecular weight excluding hydrogens is 368 g/mol. The molecule has 3 atom stereocenters. The van der Waals surface area contributed by atoms with Crippen LogP contribution < -0.4 is 10.0 Å². The Hall–Kier alpha value is -1.64. The van der Waals surface area contributed by atoms with Crippen LogP contribution in [0.5, 0.6) is 0 Å². The van der Waals surface area contributed by atoms with Crippen LogP contribution in [-0.2, 0) is 14.8 Å². The van der Waals surface area contributed by atoms with Crippen LogP contribution in [0.1, 0.15) is 46.5 Å². The molecule has 1 fully saturated rings. The van der Waals surface area contributed by atoms with E-state index in [0.717, 1.165) is 19.3 Å². The number of cyclic esters (lactones) is 1. The second-order valence-electron chi connectivity index (χ2n) is 7.71. The van der Waals surface area contributed by atoms with E-state index in [1.807, 2.05) is 13.8 Å². The van der Waals surface area contributed by atoms with Gasteiger partial charge in [0.1, 0.15) is 6.61 Å². The van der Waals surface area contributed by atoms with Crippen molar-refractivity contribution in [1.29, 1.82) is 0 Å². The number of sulfonamides is 1. The number of unbranched alkanes of at least 4 members (excludes halogenated alkanes) is 2. The molecule has 2 rings (SSSR count). The van der Waals surface area contributed by atoms with Gasteiger partial charge in [-0.2, -0.15) is 0 Å². The summed E-state index contributed by atoms with van der Waals surface area (Å²) in [6, 6.07) is 6.73. The summed E-state index contributed by atoms with van der Waals surface area (Å²) in [7, 11) is -3.79. The maximum absolute atomic E-state index is 12.8. The summed E-state index contributed by atoms with van der Waals surface area (Å²) in [5, 5.41) is 13.7. The van der Waals surface area contributed by atoms with Crippen molar-refractivity contribution in [2.75, 3.05) is 6.61 Å². The fourth-order valence-corrected chi connectivity index (χ4v) is 4.57. The van der Waals surface area contributed by atoms with Crippen molar-refractivity contribution >= 4 is 16.1 Å². The molecule has 7 nitrogen and oxygen atoms in total. The molecule has 1 amide bonds. The molecule has 1 heterocycles.